The van der Waals surface area contributed by atoms with Gasteiger partial charge in [-0.1, -0.05) is 53.5 Å². The molecule has 3 aromatic rings. The Kier molecular flexibility index (Phi) is 6.92. The van der Waals surface area contributed by atoms with Gasteiger partial charge in [0.2, 0.25) is 6.79 Å². The summed E-state index contributed by atoms with van der Waals surface area (Å²) in [5.41, 5.74) is 3.84. The van der Waals surface area contributed by atoms with Gasteiger partial charge in [0, 0.05) is 11.1 Å². The smallest absolute Gasteiger partial charge is 0.287 e. The van der Waals surface area contributed by atoms with Crippen LogP contribution in [0, 0.1) is 0 Å². The molecule has 2 amide bonds. The number of hydrogen-bond donors (Lipinski definition) is 2. The number of carbonyl (C=O) groups excluding carboxylic acids is 2. The summed E-state index contributed by atoms with van der Waals surface area (Å²) in [4.78, 5) is 25.6. The monoisotopic (exact) mass is 481 g/mol. The first-order valence-electron chi connectivity index (χ1n) is 9.76. The lowest BCUT2D eigenvalue weighted by Gasteiger charge is -2.09. The van der Waals surface area contributed by atoms with Crippen molar-refractivity contribution in [1.29, 1.82) is 0 Å². The molecule has 7 nitrogen and oxygen atoms in total. The Morgan fingerprint density at radius 1 is 0.909 bits per heavy atom. The van der Waals surface area contributed by atoms with Gasteiger partial charge in [-0.3, -0.25) is 9.59 Å². The molecule has 1 heterocycles. The lowest BCUT2D eigenvalue weighted by Crippen LogP contribution is -2.32. The van der Waals surface area contributed by atoms with Gasteiger partial charge in [0.1, 0.15) is 5.70 Å². The van der Waals surface area contributed by atoms with E-state index in [4.69, 9.17) is 32.7 Å². The van der Waals surface area contributed by atoms with E-state index in [0.717, 1.165) is 0 Å². The predicted molar refractivity (Wildman–Crippen MR) is 127 cm³/mol. The minimum atomic E-state index is -0.642. The fourth-order valence-corrected chi connectivity index (χ4v) is 3.46. The summed E-state index contributed by atoms with van der Waals surface area (Å²) in [6.45, 7) is 0.125. The van der Waals surface area contributed by atoms with E-state index < -0.39 is 11.8 Å². The predicted octanol–water partition coefficient (Wildman–Crippen LogP) is 4.64. The van der Waals surface area contributed by atoms with Crippen molar-refractivity contribution in [1.82, 2.24) is 10.7 Å². The van der Waals surface area contributed by atoms with Crippen LogP contribution in [0.1, 0.15) is 21.5 Å². The maximum absolute atomic E-state index is 12.9. The van der Waals surface area contributed by atoms with Gasteiger partial charge in [0.15, 0.2) is 11.5 Å². The number of hydrogen-bond acceptors (Lipinski definition) is 5. The van der Waals surface area contributed by atoms with Gasteiger partial charge in [-0.2, -0.15) is 5.10 Å². The number of ether oxygens (including phenoxy) is 2. The van der Waals surface area contributed by atoms with E-state index in [9.17, 15) is 9.59 Å². The second-order valence-corrected chi connectivity index (χ2v) is 7.64. The Morgan fingerprint density at radius 3 is 2.39 bits per heavy atom. The number of nitrogens with one attached hydrogen (secondary N) is 2. The number of amides is 2. The second kappa shape index (κ2) is 10.2. The highest BCUT2D eigenvalue weighted by Gasteiger charge is 2.17. The van der Waals surface area contributed by atoms with Crippen molar-refractivity contribution in [3.8, 4) is 11.5 Å². The number of nitrogens with zero attached hydrogens (tertiary/aromatic N) is 1. The SMILES string of the molecule is O=C(N/N=C/c1c(Cl)cccc1Cl)/C(=C/c1ccc2c(c1)OCO2)NC(=O)c1ccccc1. The number of benzene rings is 3. The van der Waals surface area contributed by atoms with Gasteiger partial charge < -0.3 is 14.8 Å². The topological polar surface area (TPSA) is 89.0 Å². The third kappa shape index (κ3) is 5.52. The van der Waals surface area contributed by atoms with Crippen LogP contribution in [-0.4, -0.2) is 24.8 Å². The summed E-state index contributed by atoms with van der Waals surface area (Å²) in [5.74, 6) is 0.0595. The third-order valence-corrected chi connectivity index (χ3v) is 5.26. The van der Waals surface area contributed by atoms with Crippen molar-refractivity contribution < 1.29 is 19.1 Å². The number of carbonyl (C=O) groups is 2. The molecule has 0 unspecified atom stereocenters. The Morgan fingerprint density at radius 2 is 1.64 bits per heavy atom. The van der Waals surface area contributed by atoms with Crippen LogP contribution in [0.15, 0.2) is 77.5 Å². The molecule has 2 N–H and O–H groups in total. The first kappa shape index (κ1) is 22.4. The molecule has 0 saturated carbocycles. The summed E-state index contributed by atoms with van der Waals surface area (Å²) in [5, 5.41) is 7.33. The molecule has 0 saturated heterocycles. The standard InChI is InChI=1S/C24H17Cl2N3O4/c25-18-7-4-8-19(26)17(18)13-27-29-24(31)20(28-23(30)16-5-2-1-3-6-16)11-15-9-10-21-22(12-15)33-14-32-21/h1-13H,14H2,(H,28,30)(H,29,31)/b20-11-,27-13+. The summed E-state index contributed by atoms with van der Waals surface area (Å²) >= 11 is 12.2. The molecule has 0 atom stereocenters. The van der Waals surface area contributed by atoms with Gasteiger partial charge in [-0.25, -0.2) is 5.43 Å². The molecule has 0 fully saturated rings. The highest BCUT2D eigenvalue weighted by Crippen LogP contribution is 2.33. The minimum absolute atomic E-state index is 0.0230. The zero-order chi connectivity index (χ0) is 23.2. The first-order valence-corrected chi connectivity index (χ1v) is 10.5. The number of hydrazone groups is 1. The molecule has 9 heteroatoms. The lowest BCUT2D eigenvalue weighted by atomic mass is 10.1. The van der Waals surface area contributed by atoms with Gasteiger partial charge >= 0.3 is 0 Å². The summed E-state index contributed by atoms with van der Waals surface area (Å²) in [6, 6.07) is 18.7. The maximum atomic E-state index is 12.9. The van der Waals surface area contributed by atoms with Crippen LogP contribution in [0.25, 0.3) is 6.08 Å². The van der Waals surface area contributed by atoms with E-state index in [0.29, 0.717) is 38.2 Å². The van der Waals surface area contributed by atoms with E-state index in [1.165, 1.54) is 12.3 Å². The quantitative estimate of drug-likeness (QED) is 0.304. The van der Waals surface area contributed by atoms with Crippen LogP contribution >= 0.6 is 23.2 Å². The Hall–Kier alpha value is -3.81. The van der Waals surface area contributed by atoms with Crippen molar-refractivity contribution in [2.24, 2.45) is 5.10 Å². The molecule has 0 bridgehead atoms. The lowest BCUT2D eigenvalue weighted by molar-refractivity contribution is -0.117. The summed E-state index contributed by atoms with van der Waals surface area (Å²) < 4.78 is 10.7. The maximum Gasteiger partial charge on any atom is 0.287 e. The van der Waals surface area contributed by atoms with Crippen LogP contribution in [-0.2, 0) is 4.79 Å². The highest BCUT2D eigenvalue weighted by molar-refractivity contribution is 6.38. The molecule has 166 valence electrons. The zero-order valence-electron chi connectivity index (χ0n) is 17.0. The van der Waals surface area contributed by atoms with Crippen molar-refractivity contribution in [2.45, 2.75) is 0 Å². The average Bonchev–Trinajstić information content (AvgIpc) is 3.29. The van der Waals surface area contributed by atoms with Gasteiger partial charge in [0.05, 0.1) is 16.3 Å². The molecule has 0 radical (unpaired) electrons. The van der Waals surface area contributed by atoms with Gasteiger partial charge in [-0.15, -0.1) is 0 Å². The largest absolute Gasteiger partial charge is 0.454 e. The molecule has 0 spiro atoms. The van der Waals surface area contributed by atoms with Crippen LogP contribution in [0.3, 0.4) is 0 Å². The summed E-state index contributed by atoms with van der Waals surface area (Å²) in [7, 11) is 0. The van der Waals surface area contributed by atoms with Gasteiger partial charge in [0.25, 0.3) is 11.8 Å². The minimum Gasteiger partial charge on any atom is -0.454 e. The van der Waals surface area contributed by atoms with Crippen molar-refractivity contribution >= 4 is 47.3 Å². The fraction of sp³-hybridized carbons (Fsp3) is 0.0417. The molecular weight excluding hydrogens is 465 g/mol. The van der Waals surface area contributed by atoms with E-state index in [2.05, 4.69) is 15.8 Å². The Labute approximate surface area is 199 Å². The molecule has 0 aromatic heterocycles. The summed E-state index contributed by atoms with van der Waals surface area (Å²) in [6.07, 6.45) is 2.84. The molecule has 0 aliphatic carbocycles. The highest BCUT2D eigenvalue weighted by atomic mass is 35.5. The van der Waals surface area contributed by atoms with Crippen molar-refractivity contribution in [3.63, 3.8) is 0 Å². The van der Waals surface area contributed by atoms with E-state index >= 15 is 0 Å². The number of halogens is 2. The molecule has 1 aliphatic rings. The number of fused-ring (bicyclic) bond motifs is 1. The molecule has 33 heavy (non-hydrogen) atoms. The normalized spacial score (nSPS) is 12.6. The Balaban J connectivity index is 1.58. The van der Waals surface area contributed by atoms with Crippen LogP contribution in [0.5, 0.6) is 11.5 Å². The molecular formula is C24H17Cl2N3O4. The second-order valence-electron chi connectivity index (χ2n) is 6.83. The van der Waals surface area contributed by atoms with E-state index in [-0.39, 0.29) is 12.5 Å². The van der Waals surface area contributed by atoms with Crippen LogP contribution in [0.2, 0.25) is 10.0 Å². The van der Waals surface area contributed by atoms with Crippen LogP contribution < -0.4 is 20.2 Å². The van der Waals surface area contributed by atoms with Crippen LogP contribution in [0.4, 0.5) is 0 Å². The first-order chi connectivity index (χ1) is 16.0. The van der Waals surface area contributed by atoms with Gasteiger partial charge in [-0.05, 0) is 48.0 Å². The average molecular weight is 482 g/mol. The van der Waals surface area contributed by atoms with E-state index in [1.807, 2.05) is 0 Å². The molecule has 1 aliphatic heterocycles. The molecule has 3 aromatic carbocycles. The van der Waals surface area contributed by atoms with Crippen molar-refractivity contribution in [3.05, 3.63) is 99.2 Å². The van der Waals surface area contributed by atoms with E-state index in [1.54, 1.807) is 66.7 Å². The fourth-order valence-electron chi connectivity index (χ4n) is 2.96. The Bertz CT molecular complexity index is 1240. The molecule has 4 rings (SSSR count). The third-order valence-electron chi connectivity index (χ3n) is 4.60. The zero-order valence-corrected chi connectivity index (χ0v) is 18.6. The van der Waals surface area contributed by atoms with Crippen molar-refractivity contribution in [2.75, 3.05) is 6.79 Å². The number of rotatable bonds is 6.